The second-order valence-corrected chi connectivity index (χ2v) is 12.3. The Labute approximate surface area is 263 Å². The van der Waals surface area contributed by atoms with Gasteiger partial charge in [0, 0.05) is 23.6 Å². The van der Waals surface area contributed by atoms with Gasteiger partial charge in [-0.25, -0.2) is 0 Å². The molecule has 9 rings (SSSR count). The van der Waals surface area contributed by atoms with E-state index in [9.17, 15) is 0 Å². The number of hydrogen-bond acceptors (Lipinski definition) is 0. The van der Waals surface area contributed by atoms with Crippen LogP contribution in [0.2, 0.25) is 0 Å². The minimum absolute atomic E-state index is 0.936. The molecule has 0 atom stereocenters. The monoisotopic (exact) mass is 573 g/mol. The molecule has 0 N–H and O–H groups in total. The van der Waals surface area contributed by atoms with Gasteiger partial charge in [-0.3, -0.25) is 0 Å². The van der Waals surface area contributed by atoms with Crippen molar-refractivity contribution in [3.63, 3.8) is 0 Å². The van der Waals surface area contributed by atoms with Crippen LogP contribution in [0, 0.1) is 0 Å². The van der Waals surface area contributed by atoms with Crippen molar-refractivity contribution >= 4 is 58.3 Å². The molecule has 0 aliphatic carbocycles. The van der Waals surface area contributed by atoms with Crippen LogP contribution in [0.1, 0.15) is 55.6 Å². The van der Waals surface area contributed by atoms with E-state index in [0.717, 1.165) is 12.8 Å². The fourth-order valence-corrected chi connectivity index (χ4v) is 7.29. The second kappa shape index (κ2) is 10.5. The van der Waals surface area contributed by atoms with Gasteiger partial charge in [-0.2, -0.15) is 0 Å². The molecule has 2 aliphatic heterocycles. The van der Waals surface area contributed by atoms with Crippen LogP contribution in [0.4, 0.5) is 0 Å². The van der Waals surface area contributed by atoms with Gasteiger partial charge in [0.15, 0.2) is 0 Å². The Kier molecular flexibility index (Phi) is 6.02. The molecule has 0 bridgehead atoms. The van der Waals surface area contributed by atoms with Crippen molar-refractivity contribution in [2.24, 2.45) is 0 Å². The molecular formula is C44H31N. The predicted octanol–water partition coefficient (Wildman–Crippen LogP) is 11.1. The highest BCUT2D eigenvalue weighted by atomic mass is 15.0. The first-order chi connectivity index (χ1) is 22.3. The van der Waals surface area contributed by atoms with Crippen LogP contribution >= 0.6 is 0 Å². The van der Waals surface area contributed by atoms with Crippen LogP contribution < -0.4 is 0 Å². The maximum Gasteiger partial charge on any atom is 0.0577 e. The first-order valence-corrected chi connectivity index (χ1v) is 15.8. The number of aromatic nitrogens is 1. The van der Waals surface area contributed by atoms with E-state index >= 15 is 0 Å². The van der Waals surface area contributed by atoms with Gasteiger partial charge in [0.05, 0.1) is 16.7 Å². The van der Waals surface area contributed by atoms with Gasteiger partial charge in [0.2, 0.25) is 0 Å². The van der Waals surface area contributed by atoms with E-state index in [2.05, 4.69) is 168 Å². The Hall–Kier alpha value is -5.66. The Morgan fingerprint density at radius 2 is 0.689 bits per heavy atom. The molecule has 45 heavy (non-hydrogen) atoms. The Bertz CT molecular complexity index is 2190. The SMILES string of the molecule is C(=Cc1cc2c3c(c1)Cc1cc(C=Cc4ccccc4)cc4c5cc(C=Cc6ccccc6)cc(c5n-3c14)C2)c1ccccc1. The molecule has 0 fully saturated rings. The lowest BCUT2D eigenvalue weighted by Gasteiger charge is -2.28. The van der Waals surface area contributed by atoms with Crippen molar-refractivity contribution in [1.29, 1.82) is 0 Å². The molecule has 0 unspecified atom stereocenters. The third kappa shape index (κ3) is 4.56. The molecule has 1 aromatic heterocycles. The molecule has 2 aliphatic rings. The van der Waals surface area contributed by atoms with E-state index < -0.39 is 0 Å². The molecule has 7 aromatic rings. The van der Waals surface area contributed by atoms with Crippen molar-refractivity contribution in [2.75, 3.05) is 0 Å². The van der Waals surface area contributed by atoms with E-state index in [-0.39, 0.29) is 0 Å². The van der Waals surface area contributed by atoms with Gasteiger partial charge in [-0.05, 0) is 92.0 Å². The summed E-state index contributed by atoms with van der Waals surface area (Å²) in [5.41, 5.74) is 17.2. The normalized spacial score (nSPS) is 13.3. The average molecular weight is 574 g/mol. The zero-order chi connectivity index (χ0) is 29.7. The van der Waals surface area contributed by atoms with Crippen molar-refractivity contribution in [1.82, 2.24) is 4.57 Å². The van der Waals surface area contributed by atoms with Gasteiger partial charge >= 0.3 is 0 Å². The van der Waals surface area contributed by atoms with Crippen molar-refractivity contribution in [2.45, 2.75) is 12.8 Å². The summed E-state index contributed by atoms with van der Waals surface area (Å²) in [6.07, 6.45) is 15.4. The summed E-state index contributed by atoms with van der Waals surface area (Å²) >= 11 is 0. The minimum atomic E-state index is 0.936. The van der Waals surface area contributed by atoms with Crippen LogP contribution in [0.3, 0.4) is 0 Å². The number of benzene rings is 6. The van der Waals surface area contributed by atoms with E-state index in [1.165, 1.54) is 83.1 Å². The number of rotatable bonds is 6. The first-order valence-electron chi connectivity index (χ1n) is 15.8. The molecule has 1 nitrogen and oxygen atoms in total. The summed E-state index contributed by atoms with van der Waals surface area (Å²) in [7, 11) is 0. The van der Waals surface area contributed by atoms with Crippen LogP contribution in [-0.4, -0.2) is 4.57 Å². The maximum absolute atomic E-state index is 2.59. The fraction of sp³-hybridized carbons (Fsp3) is 0.0455. The fourth-order valence-electron chi connectivity index (χ4n) is 7.29. The number of fused-ring (bicyclic) bond motifs is 1. The number of nitrogens with zero attached hydrogens (tertiary/aromatic N) is 1. The third-order valence-corrected chi connectivity index (χ3v) is 9.24. The first kappa shape index (κ1) is 25.8. The molecular weight excluding hydrogens is 542 g/mol. The van der Waals surface area contributed by atoms with Crippen molar-refractivity contribution < 1.29 is 0 Å². The largest absolute Gasteiger partial charge is 0.308 e. The zero-order valence-electron chi connectivity index (χ0n) is 24.9. The molecule has 212 valence electrons. The molecule has 3 heterocycles. The molecule has 0 saturated carbocycles. The highest BCUT2D eigenvalue weighted by Gasteiger charge is 2.30. The van der Waals surface area contributed by atoms with Crippen LogP contribution in [0.15, 0.2) is 127 Å². The van der Waals surface area contributed by atoms with Crippen molar-refractivity contribution in [3.05, 3.63) is 183 Å². The maximum atomic E-state index is 2.59. The zero-order valence-corrected chi connectivity index (χ0v) is 24.9. The quantitative estimate of drug-likeness (QED) is 0.174. The van der Waals surface area contributed by atoms with Crippen LogP contribution in [-0.2, 0) is 12.8 Å². The lowest BCUT2D eigenvalue weighted by molar-refractivity contribution is 0.973. The highest BCUT2D eigenvalue weighted by Crippen LogP contribution is 2.46. The molecule has 0 amide bonds. The predicted molar refractivity (Wildman–Crippen MR) is 193 cm³/mol. The molecule has 0 radical (unpaired) electrons. The van der Waals surface area contributed by atoms with Crippen LogP contribution in [0.5, 0.6) is 0 Å². The van der Waals surface area contributed by atoms with Gasteiger partial charge < -0.3 is 4.57 Å². The van der Waals surface area contributed by atoms with Crippen LogP contribution in [0.25, 0.3) is 63.9 Å². The molecule has 0 spiro atoms. The Morgan fingerprint density at radius 3 is 1.09 bits per heavy atom. The lowest BCUT2D eigenvalue weighted by Crippen LogP contribution is -2.16. The van der Waals surface area contributed by atoms with Gasteiger partial charge in [-0.1, -0.05) is 127 Å². The Balaban J connectivity index is 1.25. The minimum Gasteiger partial charge on any atom is -0.308 e. The Morgan fingerprint density at radius 1 is 0.356 bits per heavy atom. The van der Waals surface area contributed by atoms with E-state index in [1.807, 2.05) is 0 Å². The lowest BCUT2D eigenvalue weighted by atomic mass is 9.88. The highest BCUT2D eigenvalue weighted by molar-refractivity contribution is 6.14. The molecule has 1 heteroatoms. The average Bonchev–Trinajstić information content (AvgIpc) is 3.42. The smallest absolute Gasteiger partial charge is 0.0577 e. The summed E-state index contributed by atoms with van der Waals surface area (Å²) in [4.78, 5) is 0. The molecule has 6 aromatic carbocycles. The van der Waals surface area contributed by atoms with Gasteiger partial charge in [-0.15, -0.1) is 0 Å². The van der Waals surface area contributed by atoms with E-state index in [1.54, 1.807) is 0 Å². The van der Waals surface area contributed by atoms with Gasteiger partial charge in [0.25, 0.3) is 0 Å². The summed E-state index contributed by atoms with van der Waals surface area (Å²) in [5.74, 6) is 0. The summed E-state index contributed by atoms with van der Waals surface area (Å²) < 4.78 is 2.59. The standard InChI is InChI=1S/C44H31N/c1-4-10-30(11-5-1)16-19-33-22-36-28-38-24-34(20-17-31-12-6-2-7-13-31)26-40-41-27-35(21-18-32-14-8-3-9-15-32)25-39-29-37(23-33)42(36)45(43(38)40)44(39)41/h1-27H,28-29H2. The van der Waals surface area contributed by atoms with E-state index in [4.69, 9.17) is 0 Å². The second-order valence-electron chi connectivity index (χ2n) is 12.3. The topological polar surface area (TPSA) is 4.93 Å². The van der Waals surface area contributed by atoms with Gasteiger partial charge in [0.1, 0.15) is 0 Å². The summed E-state index contributed by atoms with van der Waals surface area (Å²) in [6, 6.07) is 46.2. The summed E-state index contributed by atoms with van der Waals surface area (Å²) in [6.45, 7) is 0. The van der Waals surface area contributed by atoms with Crippen molar-refractivity contribution in [3.8, 4) is 5.69 Å². The van der Waals surface area contributed by atoms with E-state index in [0.29, 0.717) is 0 Å². The summed E-state index contributed by atoms with van der Waals surface area (Å²) in [5, 5.41) is 2.69. The third-order valence-electron chi connectivity index (χ3n) is 9.24. The number of hydrogen-bond donors (Lipinski definition) is 0. The molecule has 0 saturated heterocycles.